The maximum absolute atomic E-state index is 11.6. The van der Waals surface area contributed by atoms with Gasteiger partial charge in [0, 0.05) is 6.07 Å². The van der Waals surface area contributed by atoms with Crippen LogP contribution in [0.25, 0.3) is 0 Å². The van der Waals surface area contributed by atoms with Crippen molar-refractivity contribution in [1.82, 2.24) is 0 Å². The third-order valence-electron chi connectivity index (χ3n) is 2.68. The molecule has 0 N–H and O–H groups in total. The summed E-state index contributed by atoms with van der Waals surface area (Å²) < 4.78 is 10.1. The molecule has 0 spiro atoms. The molecule has 0 fully saturated rings. The van der Waals surface area contributed by atoms with E-state index in [1.54, 1.807) is 19.9 Å². The Kier molecular flexibility index (Phi) is 5.71. The normalized spacial score (nSPS) is 11.5. The van der Waals surface area contributed by atoms with Crippen LogP contribution in [0.1, 0.15) is 25.3 Å². The van der Waals surface area contributed by atoms with Gasteiger partial charge in [-0.25, -0.2) is 0 Å². The molecule has 20 heavy (non-hydrogen) atoms. The van der Waals surface area contributed by atoms with Crippen LogP contribution in [0.2, 0.25) is 0 Å². The maximum Gasteiger partial charge on any atom is 0.313 e. The highest BCUT2D eigenvalue weighted by Gasteiger charge is 2.22. The van der Waals surface area contributed by atoms with E-state index in [4.69, 9.17) is 9.47 Å². The molecule has 0 saturated heterocycles. The zero-order valence-corrected chi connectivity index (χ0v) is 11.5. The Morgan fingerprint density at radius 2 is 2.25 bits per heavy atom. The summed E-state index contributed by atoms with van der Waals surface area (Å²) in [5, 5.41) is 11.0. The molecule has 6 heteroatoms. The molecule has 0 radical (unpaired) electrons. The predicted octanol–water partition coefficient (Wildman–Crippen LogP) is 2.83. The summed E-state index contributed by atoms with van der Waals surface area (Å²) in [6, 6.07) is 4.43. The Hall–Kier alpha value is -2.37. The van der Waals surface area contributed by atoms with Crippen molar-refractivity contribution in [1.29, 1.82) is 0 Å². The number of hydrogen-bond acceptors (Lipinski definition) is 5. The number of nitro benzene ring substituents is 1. The van der Waals surface area contributed by atoms with Crippen LogP contribution in [0, 0.1) is 10.1 Å². The third kappa shape index (κ3) is 3.81. The third-order valence-corrected chi connectivity index (χ3v) is 2.68. The van der Waals surface area contributed by atoms with Gasteiger partial charge in [-0.2, -0.15) is 0 Å². The van der Waals surface area contributed by atoms with Gasteiger partial charge in [0.1, 0.15) is 6.61 Å². The number of esters is 1. The van der Waals surface area contributed by atoms with E-state index in [0.717, 1.165) is 0 Å². The summed E-state index contributed by atoms with van der Waals surface area (Å²) in [4.78, 5) is 22.1. The first-order valence-electron chi connectivity index (χ1n) is 6.19. The molecule has 1 unspecified atom stereocenters. The maximum atomic E-state index is 11.6. The van der Waals surface area contributed by atoms with Gasteiger partial charge in [0.15, 0.2) is 5.75 Å². The molecule has 0 aromatic heterocycles. The summed E-state index contributed by atoms with van der Waals surface area (Å²) in [5.41, 5.74) is 0.335. The predicted molar refractivity (Wildman–Crippen MR) is 73.8 cm³/mol. The van der Waals surface area contributed by atoms with Crippen LogP contribution in [-0.2, 0) is 9.53 Å². The van der Waals surface area contributed by atoms with Crippen molar-refractivity contribution in [3.63, 3.8) is 0 Å². The van der Waals surface area contributed by atoms with Crippen molar-refractivity contribution in [3.05, 3.63) is 46.5 Å². The Bertz CT molecular complexity index is 512. The van der Waals surface area contributed by atoms with Crippen LogP contribution < -0.4 is 4.74 Å². The van der Waals surface area contributed by atoms with Gasteiger partial charge in [0.2, 0.25) is 0 Å². The molecular weight excluding hydrogens is 262 g/mol. The summed E-state index contributed by atoms with van der Waals surface area (Å²) >= 11 is 0. The lowest BCUT2D eigenvalue weighted by Crippen LogP contribution is -2.13. The summed E-state index contributed by atoms with van der Waals surface area (Å²) in [7, 11) is 0. The van der Waals surface area contributed by atoms with Crippen molar-refractivity contribution in [2.75, 3.05) is 13.2 Å². The Balaban J connectivity index is 3.06. The zero-order chi connectivity index (χ0) is 15.1. The molecule has 0 heterocycles. The van der Waals surface area contributed by atoms with E-state index in [-0.39, 0.29) is 24.7 Å². The van der Waals surface area contributed by atoms with Gasteiger partial charge in [0.05, 0.1) is 17.4 Å². The molecule has 108 valence electrons. The highest BCUT2D eigenvalue weighted by Crippen LogP contribution is 2.31. The Labute approximate surface area is 117 Å². The minimum Gasteiger partial charge on any atom is -0.483 e. The van der Waals surface area contributed by atoms with Crippen molar-refractivity contribution in [3.8, 4) is 5.75 Å². The average molecular weight is 279 g/mol. The van der Waals surface area contributed by atoms with Crippen molar-refractivity contribution in [2.45, 2.75) is 19.8 Å². The molecule has 1 atom stereocenters. The number of carbonyl (C=O) groups is 1. The fraction of sp³-hybridized carbons (Fsp3) is 0.357. The number of hydrogen-bond donors (Lipinski definition) is 0. The molecule has 1 rings (SSSR count). The first-order valence-corrected chi connectivity index (χ1v) is 6.19. The molecule has 0 aliphatic rings. The summed E-state index contributed by atoms with van der Waals surface area (Å²) in [6.45, 7) is 7.28. The van der Waals surface area contributed by atoms with Crippen molar-refractivity contribution < 1.29 is 19.2 Å². The average Bonchev–Trinajstić information content (AvgIpc) is 2.44. The van der Waals surface area contributed by atoms with Gasteiger partial charge in [-0.1, -0.05) is 18.7 Å². The lowest BCUT2D eigenvalue weighted by atomic mass is 10.0. The lowest BCUT2D eigenvalue weighted by Gasteiger charge is -2.12. The van der Waals surface area contributed by atoms with E-state index in [1.165, 1.54) is 18.2 Å². The minimum atomic E-state index is -0.567. The largest absolute Gasteiger partial charge is 0.483 e. The van der Waals surface area contributed by atoms with E-state index in [2.05, 4.69) is 6.58 Å². The number of carbonyl (C=O) groups excluding carboxylic acids is 1. The van der Waals surface area contributed by atoms with Crippen LogP contribution in [0.4, 0.5) is 5.69 Å². The monoisotopic (exact) mass is 279 g/mol. The van der Waals surface area contributed by atoms with Crippen LogP contribution in [0.3, 0.4) is 0 Å². The van der Waals surface area contributed by atoms with E-state index in [9.17, 15) is 14.9 Å². The minimum absolute atomic E-state index is 0.148. The topological polar surface area (TPSA) is 78.7 Å². The SMILES string of the molecule is C=CCOc1ccc(C(C)C(=O)OCC)cc1[N+](=O)[O-]. The second-order valence-electron chi connectivity index (χ2n) is 4.06. The quantitative estimate of drug-likeness (QED) is 0.332. The second-order valence-corrected chi connectivity index (χ2v) is 4.06. The second kappa shape index (κ2) is 7.28. The van der Waals surface area contributed by atoms with Gasteiger partial charge in [-0.15, -0.1) is 0 Å². The number of rotatable bonds is 7. The van der Waals surface area contributed by atoms with E-state index in [0.29, 0.717) is 5.56 Å². The summed E-state index contributed by atoms with van der Waals surface area (Å²) in [5.74, 6) is -0.835. The number of ether oxygens (including phenoxy) is 2. The lowest BCUT2D eigenvalue weighted by molar-refractivity contribution is -0.385. The zero-order valence-electron chi connectivity index (χ0n) is 11.5. The Morgan fingerprint density at radius 1 is 1.55 bits per heavy atom. The molecule has 1 aromatic carbocycles. The molecular formula is C14H17NO5. The smallest absolute Gasteiger partial charge is 0.313 e. The highest BCUT2D eigenvalue weighted by atomic mass is 16.6. The highest BCUT2D eigenvalue weighted by molar-refractivity contribution is 5.78. The molecule has 0 amide bonds. The van der Waals surface area contributed by atoms with E-state index in [1.807, 2.05) is 0 Å². The van der Waals surface area contributed by atoms with Gasteiger partial charge in [0.25, 0.3) is 0 Å². The number of nitrogens with zero attached hydrogens (tertiary/aromatic N) is 1. The van der Waals surface area contributed by atoms with Gasteiger partial charge >= 0.3 is 11.7 Å². The first-order chi connectivity index (χ1) is 9.51. The van der Waals surface area contributed by atoms with Crippen molar-refractivity contribution in [2.24, 2.45) is 0 Å². The Morgan fingerprint density at radius 3 is 2.80 bits per heavy atom. The van der Waals surface area contributed by atoms with Gasteiger partial charge in [-0.05, 0) is 25.5 Å². The van der Waals surface area contributed by atoms with E-state index < -0.39 is 16.8 Å². The fourth-order valence-corrected chi connectivity index (χ4v) is 1.62. The molecule has 0 bridgehead atoms. The van der Waals surface area contributed by atoms with Crippen LogP contribution in [-0.4, -0.2) is 24.1 Å². The number of benzene rings is 1. The molecule has 0 aliphatic carbocycles. The standard InChI is InChI=1S/C14H17NO5/c1-4-8-20-13-7-6-11(9-12(13)15(17)18)10(3)14(16)19-5-2/h4,6-7,9-10H,1,5,8H2,2-3H3. The van der Waals surface area contributed by atoms with Gasteiger partial charge < -0.3 is 9.47 Å². The van der Waals surface area contributed by atoms with Crippen LogP contribution in [0.5, 0.6) is 5.75 Å². The van der Waals surface area contributed by atoms with Crippen LogP contribution >= 0.6 is 0 Å². The van der Waals surface area contributed by atoms with Crippen LogP contribution in [0.15, 0.2) is 30.9 Å². The first kappa shape index (κ1) is 15.7. The summed E-state index contributed by atoms with van der Waals surface area (Å²) in [6.07, 6.45) is 1.50. The van der Waals surface area contributed by atoms with Crippen molar-refractivity contribution >= 4 is 11.7 Å². The number of nitro groups is 1. The molecule has 6 nitrogen and oxygen atoms in total. The fourth-order valence-electron chi connectivity index (χ4n) is 1.62. The van der Waals surface area contributed by atoms with Gasteiger partial charge in [-0.3, -0.25) is 14.9 Å². The molecule has 0 saturated carbocycles. The van der Waals surface area contributed by atoms with E-state index >= 15 is 0 Å². The molecule has 1 aromatic rings. The molecule has 0 aliphatic heterocycles.